The summed E-state index contributed by atoms with van der Waals surface area (Å²) in [4.78, 5) is 10.6. The quantitative estimate of drug-likeness (QED) is 0.876. The molecule has 18 heavy (non-hydrogen) atoms. The van der Waals surface area contributed by atoms with Crippen LogP contribution in [0.15, 0.2) is 12.1 Å². The fraction of sp³-hybridized carbons (Fsp3) is 0.333. The number of ether oxygens (including phenoxy) is 1. The number of nitrogens with zero attached hydrogens (tertiary/aromatic N) is 1. The number of halogens is 2. The zero-order valence-electron chi connectivity index (χ0n) is 9.61. The normalized spacial score (nSPS) is 10.2. The van der Waals surface area contributed by atoms with Crippen molar-refractivity contribution in [1.82, 2.24) is 0 Å². The number of aliphatic carboxylic acids is 1. The Morgan fingerprint density at radius 1 is 1.50 bits per heavy atom. The lowest BCUT2D eigenvalue weighted by Crippen LogP contribution is -2.08. The Labute approximate surface area is 102 Å². The van der Waals surface area contributed by atoms with E-state index < -0.39 is 12.6 Å². The predicted molar refractivity (Wildman–Crippen MR) is 58.5 cm³/mol. The second-order valence-corrected chi connectivity index (χ2v) is 3.53. The Kier molecular flexibility index (Phi) is 4.60. The average molecular weight is 255 g/mol. The molecule has 0 fully saturated rings. The average Bonchev–Trinajstić information content (AvgIpc) is 2.29. The minimum Gasteiger partial charge on any atom is -0.481 e. The van der Waals surface area contributed by atoms with Crippen molar-refractivity contribution in [1.29, 1.82) is 5.26 Å². The maximum absolute atomic E-state index is 12.2. The molecule has 6 heteroatoms. The Morgan fingerprint density at radius 3 is 2.61 bits per heavy atom. The first-order valence-electron chi connectivity index (χ1n) is 5.20. The lowest BCUT2D eigenvalue weighted by atomic mass is 10.00. The van der Waals surface area contributed by atoms with Gasteiger partial charge in [0, 0.05) is 0 Å². The van der Waals surface area contributed by atoms with Gasteiger partial charge in [-0.3, -0.25) is 4.79 Å². The van der Waals surface area contributed by atoms with Gasteiger partial charge in [-0.05, 0) is 23.6 Å². The van der Waals surface area contributed by atoms with Gasteiger partial charge < -0.3 is 9.84 Å². The lowest BCUT2D eigenvalue weighted by Gasteiger charge is -2.12. The first-order chi connectivity index (χ1) is 8.47. The molecule has 0 atom stereocenters. The zero-order valence-corrected chi connectivity index (χ0v) is 9.61. The van der Waals surface area contributed by atoms with Gasteiger partial charge in [-0.15, -0.1) is 0 Å². The van der Waals surface area contributed by atoms with Crippen LogP contribution >= 0.6 is 0 Å². The predicted octanol–water partition coefficient (Wildman–Crippen LogP) is 2.35. The van der Waals surface area contributed by atoms with Gasteiger partial charge in [-0.2, -0.15) is 14.0 Å². The van der Waals surface area contributed by atoms with Gasteiger partial charge in [-0.1, -0.05) is 13.0 Å². The molecule has 1 rings (SSSR count). The number of carboxylic acids is 1. The molecule has 1 N–H and O–H groups in total. The summed E-state index contributed by atoms with van der Waals surface area (Å²) in [5.74, 6) is -1.17. The van der Waals surface area contributed by atoms with Crippen LogP contribution in [-0.2, 0) is 17.6 Å². The molecule has 0 saturated heterocycles. The van der Waals surface area contributed by atoms with Crippen LogP contribution in [0.25, 0.3) is 0 Å². The number of alkyl halides is 2. The molecule has 1 aromatic carbocycles. The van der Waals surface area contributed by atoms with Gasteiger partial charge in [0.25, 0.3) is 0 Å². The van der Waals surface area contributed by atoms with E-state index in [2.05, 4.69) is 4.74 Å². The summed E-state index contributed by atoms with van der Waals surface area (Å²) < 4.78 is 28.7. The molecule has 0 bridgehead atoms. The van der Waals surface area contributed by atoms with Crippen LogP contribution in [0, 0.1) is 11.3 Å². The summed E-state index contributed by atoms with van der Waals surface area (Å²) in [6, 6.07) is 4.35. The molecular weight excluding hydrogens is 244 g/mol. The second kappa shape index (κ2) is 5.96. The van der Waals surface area contributed by atoms with Gasteiger partial charge in [0.15, 0.2) is 0 Å². The zero-order chi connectivity index (χ0) is 13.7. The number of benzene rings is 1. The summed E-state index contributed by atoms with van der Waals surface area (Å²) in [6.45, 7) is -1.25. The van der Waals surface area contributed by atoms with E-state index in [1.165, 1.54) is 6.07 Å². The summed E-state index contributed by atoms with van der Waals surface area (Å²) in [5.41, 5.74) is 0.777. The van der Waals surface area contributed by atoms with E-state index in [9.17, 15) is 13.6 Å². The van der Waals surface area contributed by atoms with Crippen LogP contribution in [0.5, 0.6) is 5.75 Å². The molecule has 0 radical (unpaired) electrons. The van der Waals surface area contributed by atoms with E-state index in [-0.39, 0.29) is 17.7 Å². The Bertz CT molecular complexity index is 495. The number of carboxylic acid groups (broad SMARTS) is 1. The van der Waals surface area contributed by atoms with Crippen LogP contribution in [0.2, 0.25) is 0 Å². The van der Waals surface area contributed by atoms with Crippen molar-refractivity contribution in [2.75, 3.05) is 0 Å². The lowest BCUT2D eigenvalue weighted by molar-refractivity contribution is -0.136. The van der Waals surface area contributed by atoms with Crippen molar-refractivity contribution in [3.05, 3.63) is 28.8 Å². The highest BCUT2D eigenvalue weighted by Crippen LogP contribution is 2.26. The van der Waals surface area contributed by atoms with Gasteiger partial charge in [0.2, 0.25) is 0 Å². The Morgan fingerprint density at radius 2 is 2.17 bits per heavy atom. The molecule has 0 aliphatic carbocycles. The van der Waals surface area contributed by atoms with Crippen molar-refractivity contribution in [3.8, 4) is 11.8 Å². The largest absolute Gasteiger partial charge is 0.481 e. The molecule has 96 valence electrons. The van der Waals surface area contributed by atoms with Crippen LogP contribution in [0.4, 0.5) is 8.78 Å². The molecule has 0 unspecified atom stereocenters. The van der Waals surface area contributed by atoms with Crippen LogP contribution < -0.4 is 4.74 Å². The van der Waals surface area contributed by atoms with E-state index in [0.717, 1.165) is 6.07 Å². The first kappa shape index (κ1) is 13.9. The van der Waals surface area contributed by atoms with Crippen molar-refractivity contribution in [2.24, 2.45) is 0 Å². The molecule has 0 aliphatic heterocycles. The molecular formula is C12H11F2NO3. The van der Waals surface area contributed by atoms with Crippen molar-refractivity contribution < 1.29 is 23.4 Å². The summed E-state index contributed by atoms with van der Waals surface area (Å²) in [5, 5.41) is 17.6. The summed E-state index contributed by atoms with van der Waals surface area (Å²) >= 11 is 0. The standard InChI is InChI=1S/C12H11F2NO3/c1-2-7-3-8(5-11(16)17)9(6-15)4-10(7)18-12(13)14/h3-4,12H,2,5H2,1H3,(H,16,17). The topological polar surface area (TPSA) is 70.3 Å². The second-order valence-electron chi connectivity index (χ2n) is 3.53. The SMILES string of the molecule is CCc1cc(CC(=O)O)c(C#N)cc1OC(F)F. The van der Waals surface area contributed by atoms with Crippen molar-refractivity contribution in [2.45, 2.75) is 26.4 Å². The third kappa shape index (κ3) is 3.42. The van der Waals surface area contributed by atoms with E-state index in [0.29, 0.717) is 17.5 Å². The molecule has 0 amide bonds. The molecule has 4 nitrogen and oxygen atoms in total. The van der Waals surface area contributed by atoms with E-state index in [1.54, 1.807) is 13.0 Å². The minimum atomic E-state index is -2.98. The van der Waals surface area contributed by atoms with E-state index in [1.807, 2.05) is 0 Å². The number of nitriles is 1. The maximum atomic E-state index is 12.2. The minimum absolute atomic E-state index is 0.0326. The molecule has 0 heterocycles. The van der Waals surface area contributed by atoms with Crippen LogP contribution in [0.3, 0.4) is 0 Å². The maximum Gasteiger partial charge on any atom is 0.387 e. The highest BCUT2D eigenvalue weighted by atomic mass is 19.3. The van der Waals surface area contributed by atoms with E-state index in [4.69, 9.17) is 10.4 Å². The monoisotopic (exact) mass is 255 g/mol. The summed E-state index contributed by atoms with van der Waals surface area (Å²) in [7, 11) is 0. The molecule has 1 aromatic rings. The third-order valence-corrected chi connectivity index (χ3v) is 2.35. The van der Waals surface area contributed by atoms with Gasteiger partial charge >= 0.3 is 12.6 Å². The van der Waals surface area contributed by atoms with Crippen LogP contribution in [-0.4, -0.2) is 17.7 Å². The number of aryl methyl sites for hydroxylation is 1. The third-order valence-electron chi connectivity index (χ3n) is 2.35. The number of hydrogen-bond donors (Lipinski definition) is 1. The number of rotatable bonds is 5. The smallest absolute Gasteiger partial charge is 0.387 e. The fourth-order valence-electron chi connectivity index (χ4n) is 1.57. The molecule has 0 spiro atoms. The van der Waals surface area contributed by atoms with Crippen LogP contribution in [0.1, 0.15) is 23.6 Å². The Hall–Kier alpha value is -2.16. The molecule has 0 aromatic heterocycles. The highest BCUT2D eigenvalue weighted by Gasteiger charge is 2.15. The fourth-order valence-corrected chi connectivity index (χ4v) is 1.57. The van der Waals surface area contributed by atoms with Crippen molar-refractivity contribution in [3.63, 3.8) is 0 Å². The number of hydrogen-bond acceptors (Lipinski definition) is 3. The van der Waals surface area contributed by atoms with Gasteiger partial charge in [-0.25, -0.2) is 0 Å². The Balaban J connectivity index is 3.24. The van der Waals surface area contributed by atoms with Gasteiger partial charge in [0.1, 0.15) is 5.75 Å². The first-order valence-corrected chi connectivity index (χ1v) is 5.20. The van der Waals surface area contributed by atoms with Gasteiger partial charge in [0.05, 0.1) is 18.1 Å². The summed E-state index contributed by atoms with van der Waals surface area (Å²) in [6.07, 6.45) is 0.0746. The molecule has 0 saturated carbocycles. The van der Waals surface area contributed by atoms with Crippen molar-refractivity contribution >= 4 is 5.97 Å². The molecule has 0 aliphatic rings. The highest BCUT2D eigenvalue weighted by molar-refractivity contribution is 5.72. The number of carbonyl (C=O) groups is 1. The van der Waals surface area contributed by atoms with E-state index >= 15 is 0 Å².